The van der Waals surface area contributed by atoms with Gasteiger partial charge in [0, 0.05) is 0 Å². The highest BCUT2D eigenvalue weighted by Gasteiger charge is 2.29. The molecule has 2 aliphatic rings. The molecule has 0 aromatic heterocycles. The number of rotatable bonds is 5. The average Bonchev–Trinajstić information content (AvgIpc) is 2.47. The van der Waals surface area contributed by atoms with Crippen molar-refractivity contribution in [2.75, 3.05) is 0 Å². The van der Waals surface area contributed by atoms with Crippen LogP contribution in [0.5, 0.6) is 0 Å². The highest BCUT2D eigenvalue weighted by atomic mass is 14.3. The highest BCUT2D eigenvalue weighted by molar-refractivity contribution is 4.90. The van der Waals surface area contributed by atoms with E-state index in [9.17, 15) is 0 Å². The molecule has 0 aliphatic heterocycles. The van der Waals surface area contributed by atoms with E-state index in [0.717, 1.165) is 23.7 Å². The summed E-state index contributed by atoms with van der Waals surface area (Å²) in [5.74, 6) is 4.15. The summed E-state index contributed by atoms with van der Waals surface area (Å²) >= 11 is 0. The van der Waals surface area contributed by atoms with Crippen molar-refractivity contribution in [1.82, 2.24) is 0 Å². The zero-order chi connectivity index (χ0) is 13.5. The summed E-state index contributed by atoms with van der Waals surface area (Å²) < 4.78 is 0. The molecule has 19 heavy (non-hydrogen) atoms. The Kier molecular flexibility index (Phi) is 6.47. The zero-order valence-corrected chi connectivity index (χ0v) is 13.2. The molecule has 0 aromatic carbocycles. The van der Waals surface area contributed by atoms with Gasteiger partial charge in [-0.25, -0.2) is 0 Å². The third kappa shape index (κ3) is 4.65. The van der Waals surface area contributed by atoms with E-state index in [1.807, 2.05) is 0 Å². The maximum atomic E-state index is 2.44. The first kappa shape index (κ1) is 15.1. The zero-order valence-electron chi connectivity index (χ0n) is 13.2. The van der Waals surface area contributed by atoms with Crippen molar-refractivity contribution >= 4 is 0 Å². The van der Waals surface area contributed by atoms with Crippen molar-refractivity contribution in [3.63, 3.8) is 0 Å². The van der Waals surface area contributed by atoms with E-state index < -0.39 is 0 Å². The van der Waals surface area contributed by atoms with Crippen LogP contribution < -0.4 is 0 Å². The Hall–Kier alpha value is -0.260. The van der Waals surface area contributed by atoms with Gasteiger partial charge in [-0.1, -0.05) is 51.2 Å². The van der Waals surface area contributed by atoms with Gasteiger partial charge < -0.3 is 0 Å². The molecule has 0 N–H and O–H groups in total. The molecule has 0 aromatic rings. The van der Waals surface area contributed by atoms with Crippen LogP contribution in [0.25, 0.3) is 0 Å². The molecule has 0 heterocycles. The van der Waals surface area contributed by atoms with Gasteiger partial charge in [0.2, 0.25) is 0 Å². The summed E-state index contributed by atoms with van der Waals surface area (Å²) in [5.41, 5.74) is 0. The van der Waals surface area contributed by atoms with Crippen molar-refractivity contribution in [3.8, 4) is 0 Å². The molecule has 2 aliphatic carbocycles. The molecule has 2 rings (SSSR count). The van der Waals surface area contributed by atoms with Crippen molar-refractivity contribution < 1.29 is 0 Å². The molecule has 0 heteroatoms. The Balaban J connectivity index is 1.68. The lowest BCUT2D eigenvalue weighted by molar-refractivity contribution is 0.151. The van der Waals surface area contributed by atoms with E-state index in [0.29, 0.717) is 0 Å². The van der Waals surface area contributed by atoms with Gasteiger partial charge in [-0.2, -0.15) is 0 Å². The lowest BCUT2D eigenvalue weighted by Gasteiger charge is -2.37. The van der Waals surface area contributed by atoms with Gasteiger partial charge in [0.25, 0.3) is 0 Å². The SMILES string of the molecule is C/C=C/C1CCC(C2CCC(CCCC)CC2)CC1. The third-order valence-electron chi connectivity index (χ3n) is 5.81. The monoisotopic (exact) mass is 262 g/mol. The molecule has 2 saturated carbocycles. The van der Waals surface area contributed by atoms with Crippen molar-refractivity contribution in [1.29, 1.82) is 0 Å². The number of unbranched alkanes of at least 4 members (excludes halogenated alkanes) is 1. The summed E-state index contributed by atoms with van der Waals surface area (Å²) in [4.78, 5) is 0. The van der Waals surface area contributed by atoms with E-state index in [2.05, 4.69) is 26.0 Å². The first-order valence-electron chi connectivity index (χ1n) is 8.96. The summed E-state index contributed by atoms with van der Waals surface area (Å²) in [6, 6.07) is 0. The second kappa shape index (κ2) is 8.12. The fraction of sp³-hybridized carbons (Fsp3) is 0.895. The van der Waals surface area contributed by atoms with Crippen LogP contribution in [-0.2, 0) is 0 Å². The summed E-state index contributed by atoms with van der Waals surface area (Å²) in [5, 5.41) is 0. The van der Waals surface area contributed by atoms with Crippen LogP contribution in [0, 0.1) is 23.7 Å². The van der Waals surface area contributed by atoms with Gasteiger partial charge in [0.1, 0.15) is 0 Å². The van der Waals surface area contributed by atoms with E-state index in [1.165, 1.54) is 44.9 Å². The fourth-order valence-electron chi connectivity index (χ4n) is 4.52. The topological polar surface area (TPSA) is 0 Å². The number of allylic oxidation sites excluding steroid dienone is 2. The summed E-state index contributed by atoms with van der Waals surface area (Å²) in [6.45, 7) is 4.50. The van der Waals surface area contributed by atoms with Crippen LogP contribution in [0.15, 0.2) is 12.2 Å². The molecule has 0 bridgehead atoms. The van der Waals surface area contributed by atoms with Crippen molar-refractivity contribution in [2.45, 2.75) is 84.5 Å². The molecule has 0 amide bonds. The second-order valence-corrected chi connectivity index (χ2v) is 7.12. The van der Waals surface area contributed by atoms with Gasteiger partial charge in [-0.3, -0.25) is 0 Å². The number of hydrogen-bond donors (Lipinski definition) is 0. The lowest BCUT2D eigenvalue weighted by Crippen LogP contribution is -2.25. The maximum absolute atomic E-state index is 2.44. The molecule has 0 unspecified atom stereocenters. The quantitative estimate of drug-likeness (QED) is 0.505. The van der Waals surface area contributed by atoms with Gasteiger partial charge in [0.05, 0.1) is 0 Å². The Morgan fingerprint density at radius 2 is 1.42 bits per heavy atom. The van der Waals surface area contributed by atoms with E-state index in [4.69, 9.17) is 0 Å². The standard InChI is InChI=1S/C19H34/c1-3-5-7-17-10-14-19(15-11-17)18-12-8-16(6-4-2)9-13-18/h4,6,16-19H,3,5,7-15H2,1-2H3/b6-4+. The Bertz CT molecular complexity index is 249. The summed E-state index contributed by atoms with van der Waals surface area (Å²) in [7, 11) is 0. The molecule has 0 nitrogen and oxygen atoms in total. The van der Waals surface area contributed by atoms with Crippen molar-refractivity contribution in [3.05, 3.63) is 12.2 Å². The van der Waals surface area contributed by atoms with Gasteiger partial charge >= 0.3 is 0 Å². The molecule has 2 fully saturated rings. The van der Waals surface area contributed by atoms with Crippen LogP contribution >= 0.6 is 0 Å². The minimum absolute atomic E-state index is 0.905. The molecular formula is C19H34. The molecule has 0 saturated heterocycles. The van der Waals surface area contributed by atoms with Crippen molar-refractivity contribution in [2.24, 2.45) is 23.7 Å². The highest BCUT2D eigenvalue weighted by Crippen LogP contribution is 2.42. The van der Waals surface area contributed by atoms with E-state index in [-0.39, 0.29) is 0 Å². The smallest absolute Gasteiger partial charge is 0.0233 e. The first-order valence-corrected chi connectivity index (χ1v) is 8.96. The fourth-order valence-corrected chi connectivity index (χ4v) is 4.52. The van der Waals surface area contributed by atoms with E-state index in [1.54, 1.807) is 25.7 Å². The lowest BCUT2D eigenvalue weighted by atomic mass is 9.68. The largest absolute Gasteiger partial charge is 0.0914 e. The van der Waals surface area contributed by atoms with Gasteiger partial charge in [-0.05, 0) is 69.1 Å². The average molecular weight is 262 g/mol. The Morgan fingerprint density at radius 3 is 1.95 bits per heavy atom. The van der Waals surface area contributed by atoms with Gasteiger partial charge in [0.15, 0.2) is 0 Å². The van der Waals surface area contributed by atoms with Crippen LogP contribution in [0.1, 0.15) is 84.5 Å². The minimum Gasteiger partial charge on any atom is -0.0914 e. The second-order valence-electron chi connectivity index (χ2n) is 7.12. The van der Waals surface area contributed by atoms with Crippen LogP contribution in [0.4, 0.5) is 0 Å². The molecule has 0 spiro atoms. The van der Waals surface area contributed by atoms with Crippen LogP contribution in [0.2, 0.25) is 0 Å². The summed E-state index contributed by atoms with van der Waals surface area (Å²) in [6.07, 6.45) is 21.2. The van der Waals surface area contributed by atoms with Crippen LogP contribution in [-0.4, -0.2) is 0 Å². The molecule has 0 radical (unpaired) electrons. The van der Waals surface area contributed by atoms with Crippen LogP contribution in [0.3, 0.4) is 0 Å². The maximum Gasteiger partial charge on any atom is -0.0233 e. The Morgan fingerprint density at radius 1 is 0.842 bits per heavy atom. The third-order valence-corrected chi connectivity index (χ3v) is 5.81. The predicted octanol–water partition coefficient (Wildman–Crippen LogP) is 6.37. The van der Waals surface area contributed by atoms with E-state index >= 15 is 0 Å². The first-order chi connectivity index (χ1) is 9.33. The number of hydrogen-bond acceptors (Lipinski definition) is 0. The minimum atomic E-state index is 0.905. The van der Waals surface area contributed by atoms with Gasteiger partial charge in [-0.15, -0.1) is 0 Å². The normalized spacial score (nSPS) is 36.7. The Labute approximate surface area is 121 Å². The molecular weight excluding hydrogens is 228 g/mol. The molecule has 110 valence electrons. The molecule has 0 atom stereocenters. The predicted molar refractivity (Wildman–Crippen MR) is 85.2 cm³/mol.